The number of fused-ring (bicyclic) bond motifs is 1. The molecule has 0 aliphatic heterocycles. The lowest BCUT2D eigenvalue weighted by Crippen LogP contribution is -2.23. The van der Waals surface area contributed by atoms with E-state index in [9.17, 15) is 9.18 Å². The van der Waals surface area contributed by atoms with E-state index in [-0.39, 0.29) is 10.2 Å². The van der Waals surface area contributed by atoms with Gasteiger partial charge in [0.15, 0.2) is 0 Å². The van der Waals surface area contributed by atoms with Gasteiger partial charge in [0.1, 0.15) is 5.82 Å². The summed E-state index contributed by atoms with van der Waals surface area (Å²) in [5.41, 5.74) is 5.35. The first-order valence-corrected chi connectivity index (χ1v) is 8.97. The number of para-hydroxylation sites is 3. The first-order chi connectivity index (χ1) is 13.1. The quantitative estimate of drug-likeness (QED) is 0.482. The number of halogens is 2. The second kappa shape index (κ2) is 7.02. The average Bonchev–Trinajstić information content (AvgIpc) is 2.97. The molecule has 0 fully saturated rings. The van der Waals surface area contributed by atoms with Gasteiger partial charge in [-0.2, -0.15) is 0 Å². The maximum absolute atomic E-state index is 14.3. The Hall–Kier alpha value is -2.90. The smallest absolute Gasteiger partial charge is 0.279 e. The summed E-state index contributed by atoms with van der Waals surface area (Å²) < 4.78 is 17.7. The molecular weight excluding hydrogens is 413 g/mol. The Morgan fingerprint density at radius 1 is 0.963 bits per heavy atom. The average molecular weight is 428 g/mol. The van der Waals surface area contributed by atoms with E-state index in [2.05, 4.69) is 21.4 Å². The Kier molecular flexibility index (Phi) is 4.55. The molecule has 4 rings (SSSR count). The normalized spacial score (nSPS) is 11.1. The highest BCUT2D eigenvalue weighted by molar-refractivity contribution is 9.10. The zero-order valence-corrected chi connectivity index (χ0v) is 15.9. The second-order valence-electron chi connectivity index (χ2n) is 5.87. The fourth-order valence-electron chi connectivity index (χ4n) is 3.12. The summed E-state index contributed by atoms with van der Waals surface area (Å²) in [4.78, 5) is 18.4. The minimum absolute atomic E-state index is 0.269. The van der Waals surface area contributed by atoms with Crippen molar-refractivity contribution in [2.45, 2.75) is 0 Å². The van der Waals surface area contributed by atoms with Crippen LogP contribution in [-0.2, 0) is 4.84 Å². The van der Waals surface area contributed by atoms with Gasteiger partial charge in [-0.25, -0.2) is 9.18 Å². The predicted octanol–water partition coefficient (Wildman–Crippen LogP) is 4.66. The molecule has 5 nitrogen and oxygen atoms in total. The zero-order chi connectivity index (χ0) is 19.0. The molecule has 1 aromatic heterocycles. The second-order valence-corrected chi connectivity index (χ2v) is 6.72. The van der Waals surface area contributed by atoms with Crippen molar-refractivity contribution in [2.75, 3.05) is 12.6 Å². The van der Waals surface area contributed by atoms with E-state index in [0.29, 0.717) is 16.9 Å². The van der Waals surface area contributed by atoms with Gasteiger partial charge in [-0.15, -0.1) is 0 Å². The molecule has 0 unspecified atom stereocenters. The summed E-state index contributed by atoms with van der Waals surface area (Å²) in [7, 11) is 1.46. The summed E-state index contributed by atoms with van der Waals surface area (Å²) in [5.74, 6) is -0.477. The van der Waals surface area contributed by atoms with Gasteiger partial charge < -0.3 is 0 Å². The molecule has 0 saturated carbocycles. The van der Waals surface area contributed by atoms with Gasteiger partial charge in [0.25, 0.3) is 0 Å². The molecule has 0 atom stereocenters. The summed E-state index contributed by atoms with van der Waals surface area (Å²) >= 11 is 3.17. The van der Waals surface area contributed by atoms with E-state index in [1.807, 2.05) is 54.6 Å². The molecule has 0 saturated heterocycles. The standard InChI is InChI=1S/C20H15BrFN3O2/c1-27-23-16-11-14(21)15(22)12-19(16)25-18-10-6-5-9-17(18)24(20(25)26)13-7-3-2-4-8-13/h2-12,23H,1H3. The first-order valence-electron chi connectivity index (χ1n) is 8.18. The number of hydrogen-bond donors (Lipinski definition) is 1. The van der Waals surface area contributed by atoms with Crippen LogP contribution in [0.25, 0.3) is 22.4 Å². The molecular formula is C20H15BrFN3O2. The van der Waals surface area contributed by atoms with Crippen molar-refractivity contribution < 1.29 is 9.23 Å². The van der Waals surface area contributed by atoms with Crippen molar-refractivity contribution in [3.63, 3.8) is 0 Å². The molecule has 0 aliphatic carbocycles. The van der Waals surface area contributed by atoms with E-state index in [4.69, 9.17) is 4.84 Å². The van der Waals surface area contributed by atoms with E-state index in [1.165, 1.54) is 23.8 Å². The number of nitrogens with zero attached hydrogens (tertiary/aromatic N) is 2. The van der Waals surface area contributed by atoms with Gasteiger partial charge in [-0.1, -0.05) is 30.3 Å². The molecule has 0 spiro atoms. The molecule has 0 amide bonds. The van der Waals surface area contributed by atoms with Gasteiger partial charge >= 0.3 is 5.69 Å². The van der Waals surface area contributed by atoms with Crippen molar-refractivity contribution in [3.05, 3.63) is 87.5 Å². The largest absolute Gasteiger partial charge is 0.338 e. The van der Waals surface area contributed by atoms with Crippen LogP contribution in [0.1, 0.15) is 0 Å². The Balaban J connectivity index is 2.10. The molecule has 3 aromatic carbocycles. The summed E-state index contributed by atoms with van der Waals surface area (Å²) in [6.45, 7) is 0. The highest BCUT2D eigenvalue weighted by Gasteiger charge is 2.19. The predicted molar refractivity (Wildman–Crippen MR) is 107 cm³/mol. The van der Waals surface area contributed by atoms with Crippen LogP contribution in [0.15, 0.2) is 76.0 Å². The molecule has 1 N–H and O–H groups in total. The van der Waals surface area contributed by atoms with E-state index >= 15 is 0 Å². The number of rotatable bonds is 4. The summed E-state index contributed by atoms with van der Waals surface area (Å²) in [5, 5.41) is 0. The number of aromatic nitrogens is 2. The maximum Gasteiger partial charge on any atom is 0.338 e. The minimum atomic E-state index is -0.477. The van der Waals surface area contributed by atoms with Crippen LogP contribution in [0.5, 0.6) is 0 Å². The lowest BCUT2D eigenvalue weighted by molar-refractivity contribution is 0.271. The van der Waals surface area contributed by atoms with Crippen LogP contribution in [0.4, 0.5) is 10.1 Å². The van der Waals surface area contributed by atoms with E-state index in [0.717, 1.165) is 11.2 Å². The number of imidazole rings is 1. The third-order valence-corrected chi connectivity index (χ3v) is 4.86. The SMILES string of the molecule is CONc1cc(Br)c(F)cc1-n1c(=O)n(-c2ccccc2)c2ccccc21. The fraction of sp³-hybridized carbons (Fsp3) is 0.0500. The first kappa shape index (κ1) is 17.5. The zero-order valence-electron chi connectivity index (χ0n) is 14.3. The molecule has 136 valence electrons. The molecule has 1 heterocycles. The van der Waals surface area contributed by atoms with Gasteiger partial charge in [0.05, 0.1) is 39.7 Å². The van der Waals surface area contributed by atoms with Gasteiger partial charge in [-0.3, -0.25) is 19.5 Å². The molecule has 27 heavy (non-hydrogen) atoms. The Morgan fingerprint density at radius 3 is 2.26 bits per heavy atom. The summed E-state index contributed by atoms with van der Waals surface area (Å²) in [6, 6.07) is 19.6. The molecule has 0 radical (unpaired) electrons. The van der Waals surface area contributed by atoms with E-state index < -0.39 is 5.82 Å². The highest BCUT2D eigenvalue weighted by Crippen LogP contribution is 2.30. The Bertz CT molecular complexity index is 1190. The van der Waals surface area contributed by atoms with Crippen LogP contribution in [0, 0.1) is 5.82 Å². The van der Waals surface area contributed by atoms with Gasteiger partial charge in [0, 0.05) is 6.07 Å². The van der Waals surface area contributed by atoms with Crippen LogP contribution >= 0.6 is 15.9 Å². The van der Waals surface area contributed by atoms with Crippen molar-refractivity contribution in [3.8, 4) is 11.4 Å². The van der Waals surface area contributed by atoms with Crippen LogP contribution in [-0.4, -0.2) is 16.2 Å². The third-order valence-electron chi connectivity index (χ3n) is 4.25. The van der Waals surface area contributed by atoms with Crippen LogP contribution in [0.2, 0.25) is 0 Å². The molecule has 0 aliphatic rings. The van der Waals surface area contributed by atoms with E-state index in [1.54, 1.807) is 4.57 Å². The molecule has 7 heteroatoms. The van der Waals surface area contributed by atoms with Crippen molar-refractivity contribution in [1.29, 1.82) is 0 Å². The van der Waals surface area contributed by atoms with Gasteiger partial charge in [0.2, 0.25) is 0 Å². The van der Waals surface area contributed by atoms with Crippen molar-refractivity contribution in [2.24, 2.45) is 0 Å². The number of nitrogens with one attached hydrogen (secondary N) is 1. The van der Waals surface area contributed by atoms with Crippen molar-refractivity contribution in [1.82, 2.24) is 9.13 Å². The minimum Gasteiger partial charge on any atom is -0.279 e. The number of benzene rings is 3. The Morgan fingerprint density at radius 2 is 1.59 bits per heavy atom. The third kappa shape index (κ3) is 2.94. The molecule has 0 bridgehead atoms. The summed E-state index contributed by atoms with van der Waals surface area (Å²) in [6.07, 6.45) is 0. The lowest BCUT2D eigenvalue weighted by Gasteiger charge is -2.12. The Labute approximate surface area is 162 Å². The fourth-order valence-corrected chi connectivity index (χ4v) is 3.46. The highest BCUT2D eigenvalue weighted by atomic mass is 79.9. The topological polar surface area (TPSA) is 48.2 Å². The number of hydrogen-bond acceptors (Lipinski definition) is 3. The lowest BCUT2D eigenvalue weighted by atomic mass is 10.2. The monoisotopic (exact) mass is 427 g/mol. The number of anilines is 1. The van der Waals surface area contributed by atoms with Crippen molar-refractivity contribution >= 4 is 32.7 Å². The molecule has 4 aromatic rings. The van der Waals surface area contributed by atoms with Gasteiger partial charge in [-0.05, 0) is 46.3 Å². The maximum atomic E-state index is 14.3. The van der Waals surface area contributed by atoms with Crippen LogP contribution < -0.4 is 11.2 Å². The van der Waals surface area contributed by atoms with Crippen LogP contribution in [0.3, 0.4) is 0 Å².